The summed E-state index contributed by atoms with van der Waals surface area (Å²) >= 11 is 0. The third-order valence-electron chi connectivity index (χ3n) is 3.84. The van der Waals surface area contributed by atoms with Gasteiger partial charge in [-0.2, -0.15) is 0 Å². The molecule has 0 radical (unpaired) electrons. The second-order valence-electron chi connectivity index (χ2n) is 5.32. The Morgan fingerprint density at radius 3 is 2.18 bits per heavy atom. The lowest BCUT2D eigenvalue weighted by Gasteiger charge is -2.38. The average Bonchev–Trinajstić information content (AvgIpc) is 2.43. The molecule has 0 saturated heterocycles. The first kappa shape index (κ1) is 15.0. The Kier molecular flexibility index (Phi) is 3.87. The van der Waals surface area contributed by atoms with E-state index < -0.39 is 21.7 Å². The van der Waals surface area contributed by atoms with Crippen LogP contribution in [0.4, 0.5) is 14.5 Å². The normalized spacial score (nSPS) is 15.4. The van der Waals surface area contributed by atoms with Crippen LogP contribution in [0, 0.1) is 11.6 Å². The van der Waals surface area contributed by atoms with Gasteiger partial charge >= 0.3 is 0 Å². The molecule has 0 spiro atoms. The first-order valence-electron chi connectivity index (χ1n) is 7.04. The minimum absolute atomic E-state index is 0.00469. The molecule has 0 bridgehead atoms. The van der Waals surface area contributed by atoms with Crippen LogP contribution < -0.4 is 4.31 Å². The first-order valence-corrected chi connectivity index (χ1v) is 8.48. The van der Waals surface area contributed by atoms with Crippen molar-refractivity contribution in [2.24, 2.45) is 0 Å². The van der Waals surface area contributed by atoms with Crippen molar-refractivity contribution in [2.75, 3.05) is 4.31 Å². The maximum atomic E-state index is 13.5. The molecule has 116 valence electrons. The summed E-state index contributed by atoms with van der Waals surface area (Å²) in [6.07, 6.45) is 2.41. The number of halogens is 2. The lowest BCUT2D eigenvalue weighted by molar-refractivity contribution is 0.414. The minimum Gasteiger partial charge on any atom is -0.263 e. The van der Waals surface area contributed by atoms with E-state index in [-0.39, 0.29) is 10.9 Å². The molecule has 22 heavy (non-hydrogen) atoms. The molecule has 1 saturated carbocycles. The smallest absolute Gasteiger partial charge is 0.263 e. The van der Waals surface area contributed by atoms with Crippen molar-refractivity contribution in [3.8, 4) is 0 Å². The van der Waals surface area contributed by atoms with Gasteiger partial charge < -0.3 is 0 Å². The van der Waals surface area contributed by atoms with Gasteiger partial charge in [0, 0.05) is 6.04 Å². The fourth-order valence-electron chi connectivity index (χ4n) is 2.50. The average molecular weight is 323 g/mol. The minimum atomic E-state index is -3.85. The van der Waals surface area contributed by atoms with Crippen molar-refractivity contribution >= 4 is 15.7 Å². The van der Waals surface area contributed by atoms with E-state index in [1.165, 1.54) is 34.6 Å². The molecule has 1 fully saturated rings. The van der Waals surface area contributed by atoms with E-state index in [1.54, 1.807) is 6.07 Å². The molecular weight excluding hydrogens is 308 g/mol. The number of anilines is 1. The summed E-state index contributed by atoms with van der Waals surface area (Å²) in [5, 5.41) is 0. The molecule has 1 aliphatic carbocycles. The zero-order valence-electron chi connectivity index (χ0n) is 11.7. The van der Waals surface area contributed by atoms with Crippen molar-refractivity contribution in [2.45, 2.75) is 30.2 Å². The van der Waals surface area contributed by atoms with Gasteiger partial charge in [0.1, 0.15) is 11.6 Å². The van der Waals surface area contributed by atoms with Crippen LogP contribution >= 0.6 is 0 Å². The standard InChI is InChI=1S/C16H15F2NO2S/c17-12-7-9-16(10-8-12)22(20,21)19(14-4-2-5-14)15-6-1-3-13(18)11-15/h1,3,6-11,14H,2,4-5H2. The van der Waals surface area contributed by atoms with Crippen molar-refractivity contribution in [3.05, 3.63) is 60.2 Å². The fraction of sp³-hybridized carbons (Fsp3) is 0.250. The zero-order chi connectivity index (χ0) is 15.7. The molecule has 0 unspecified atom stereocenters. The number of benzene rings is 2. The van der Waals surface area contributed by atoms with E-state index >= 15 is 0 Å². The Morgan fingerprint density at radius 1 is 0.955 bits per heavy atom. The van der Waals surface area contributed by atoms with Crippen molar-refractivity contribution in [1.82, 2.24) is 0 Å². The molecule has 0 aliphatic heterocycles. The molecule has 0 heterocycles. The van der Waals surface area contributed by atoms with Crippen LogP contribution in [0.2, 0.25) is 0 Å². The maximum Gasteiger partial charge on any atom is 0.264 e. The largest absolute Gasteiger partial charge is 0.264 e. The highest BCUT2D eigenvalue weighted by Gasteiger charge is 2.35. The lowest BCUT2D eigenvalue weighted by Crippen LogP contribution is -2.44. The van der Waals surface area contributed by atoms with E-state index in [0.29, 0.717) is 5.69 Å². The highest BCUT2D eigenvalue weighted by atomic mass is 32.2. The van der Waals surface area contributed by atoms with Gasteiger partial charge in [0.25, 0.3) is 10.0 Å². The summed E-state index contributed by atoms with van der Waals surface area (Å²) in [6.45, 7) is 0. The Hall–Kier alpha value is -1.95. The maximum absolute atomic E-state index is 13.5. The molecule has 6 heteroatoms. The Morgan fingerprint density at radius 2 is 1.64 bits per heavy atom. The number of rotatable bonds is 4. The van der Waals surface area contributed by atoms with Crippen molar-refractivity contribution in [1.29, 1.82) is 0 Å². The van der Waals surface area contributed by atoms with Gasteiger partial charge in [-0.3, -0.25) is 4.31 Å². The molecule has 2 aromatic carbocycles. The number of hydrogen-bond donors (Lipinski definition) is 0. The molecule has 0 aromatic heterocycles. The van der Waals surface area contributed by atoms with E-state index in [2.05, 4.69) is 0 Å². The predicted octanol–water partition coefficient (Wildman–Crippen LogP) is 3.71. The molecule has 0 amide bonds. The van der Waals surface area contributed by atoms with Gasteiger partial charge in [0.05, 0.1) is 10.6 Å². The summed E-state index contributed by atoms with van der Waals surface area (Å²) in [5.74, 6) is -0.990. The van der Waals surface area contributed by atoms with Crippen LogP contribution in [-0.2, 0) is 10.0 Å². The van der Waals surface area contributed by atoms with Crippen LogP contribution in [0.5, 0.6) is 0 Å². The Bertz CT molecular complexity index is 771. The number of sulfonamides is 1. The highest BCUT2D eigenvalue weighted by molar-refractivity contribution is 7.92. The van der Waals surface area contributed by atoms with Gasteiger partial charge in [-0.25, -0.2) is 17.2 Å². The second-order valence-corrected chi connectivity index (χ2v) is 7.13. The summed E-state index contributed by atoms with van der Waals surface area (Å²) in [6, 6.07) is 10.0. The SMILES string of the molecule is O=S(=O)(c1ccc(F)cc1)N(c1cccc(F)c1)C1CCC1. The predicted molar refractivity (Wildman–Crippen MR) is 80.1 cm³/mol. The van der Waals surface area contributed by atoms with Crippen molar-refractivity contribution in [3.63, 3.8) is 0 Å². The fourth-order valence-corrected chi connectivity index (χ4v) is 4.20. The van der Waals surface area contributed by atoms with Gasteiger partial charge in [-0.05, 0) is 61.7 Å². The van der Waals surface area contributed by atoms with Crippen molar-refractivity contribution < 1.29 is 17.2 Å². The van der Waals surface area contributed by atoms with E-state index in [1.807, 2.05) is 0 Å². The lowest BCUT2D eigenvalue weighted by atomic mass is 9.93. The molecule has 1 aliphatic rings. The number of nitrogens with zero attached hydrogens (tertiary/aromatic N) is 1. The zero-order valence-corrected chi connectivity index (χ0v) is 12.6. The van der Waals surface area contributed by atoms with Crippen LogP contribution in [0.25, 0.3) is 0 Å². The third kappa shape index (κ3) is 2.70. The van der Waals surface area contributed by atoms with Crippen LogP contribution in [0.15, 0.2) is 53.4 Å². The summed E-state index contributed by atoms with van der Waals surface area (Å²) in [5.41, 5.74) is 0.300. The van der Waals surface area contributed by atoms with Gasteiger partial charge in [-0.1, -0.05) is 6.07 Å². The van der Waals surface area contributed by atoms with Crippen LogP contribution in [0.1, 0.15) is 19.3 Å². The monoisotopic (exact) mass is 323 g/mol. The summed E-state index contributed by atoms with van der Waals surface area (Å²) < 4.78 is 53.5. The van der Waals surface area contributed by atoms with E-state index in [4.69, 9.17) is 0 Å². The van der Waals surface area contributed by atoms with Gasteiger partial charge in [0.2, 0.25) is 0 Å². The van der Waals surface area contributed by atoms with E-state index in [0.717, 1.165) is 31.4 Å². The first-order chi connectivity index (χ1) is 10.5. The topological polar surface area (TPSA) is 37.4 Å². The Labute approximate surface area is 128 Å². The third-order valence-corrected chi connectivity index (χ3v) is 5.73. The highest BCUT2D eigenvalue weighted by Crippen LogP contribution is 2.34. The molecule has 0 atom stereocenters. The number of hydrogen-bond acceptors (Lipinski definition) is 2. The van der Waals surface area contributed by atoms with Crippen LogP contribution in [-0.4, -0.2) is 14.5 Å². The summed E-state index contributed by atoms with van der Waals surface area (Å²) in [7, 11) is -3.85. The molecule has 3 nitrogen and oxygen atoms in total. The van der Waals surface area contributed by atoms with E-state index in [9.17, 15) is 17.2 Å². The molecular formula is C16H15F2NO2S. The molecule has 3 rings (SSSR count). The molecule has 0 N–H and O–H groups in total. The summed E-state index contributed by atoms with van der Waals surface area (Å²) in [4.78, 5) is 0.00469. The quantitative estimate of drug-likeness (QED) is 0.860. The van der Waals surface area contributed by atoms with Gasteiger partial charge in [-0.15, -0.1) is 0 Å². The molecule has 2 aromatic rings. The Balaban J connectivity index is 2.07. The second kappa shape index (κ2) is 5.68. The van der Waals surface area contributed by atoms with Gasteiger partial charge in [0.15, 0.2) is 0 Å². The van der Waals surface area contributed by atoms with Crippen LogP contribution in [0.3, 0.4) is 0 Å².